The molecule has 7 heteroatoms. The maximum absolute atomic E-state index is 12.0. The quantitative estimate of drug-likeness (QED) is 0.910. The highest BCUT2D eigenvalue weighted by Crippen LogP contribution is 2.39. The first-order valence-electron chi connectivity index (χ1n) is 6.01. The Morgan fingerprint density at radius 3 is 2.80 bits per heavy atom. The Bertz CT molecular complexity index is 703. The van der Waals surface area contributed by atoms with Gasteiger partial charge in [0.1, 0.15) is 5.00 Å². The van der Waals surface area contributed by atoms with Gasteiger partial charge in [-0.2, -0.15) is 0 Å². The maximum Gasteiger partial charge on any atom is 0.339 e. The Balaban J connectivity index is 1.91. The third-order valence-electron chi connectivity index (χ3n) is 3.16. The number of thiophene rings is 1. The van der Waals surface area contributed by atoms with Crippen LogP contribution >= 0.6 is 22.9 Å². The number of carbonyl (C=O) groups is 2. The zero-order valence-corrected chi connectivity index (χ0v) is 11.8. The van der Waals surface area contributed by atoms with Gasteiger partial charge in [0.15, 0.2) is 11.0 Å². The fourth-order valence-electron chi connectivity index (χ4n) is 2.32. The molecule has 2 heterocycles. The number of aromatic carboxylic acids is 1. The van der Waals surface area contributed by atoms with Gasteiger partial charge in [0.25, 0.3) is 5.91 Å². The third kappa shape index (κ3) is 2.21. The number of anilines is 1. The van der Waals surface area contributed by atoms with Crippen LogP contribution in [-0.4, -0.2) is 17.0 Å². The van der Waals surface area contributed by atoms with Gasteiger partial charge in [-0.3, -0.25) is 4.79 Å². The summed E-state index contributed by atoms with van der Waals surface area (Å²) in [4.78, 5) is 24.4. The van der Waals surface area contributed by atoms with Crippen molar-refractivity contribution in [3.05, 3.63) is 39.1 Å². The van der Waals surface area contributed by atoms with Gasteiger partial charge in [0.2, 0.25) is 0 Å². The first-order valence-corrected chi connectivity index (χ1v) is 7.20. The Labute approximate surface area is 123 Å². The molecule has 0 radical (unpaired) electrons. The standard InChI is InChI=1S/C13H10ClNO4S/c14-9-5-4-7(19-9)11(16)15-12-10(13(17)18)6-2-1-3-8(6)20-12/h4-5H,1-3H2,(H,15,16)(H,17,18). The molecule has 1 aliphatic rings. The first-order chi connectivity index (χ1) is 9.56. The minimum atomic E-state index is -1.02. The van der Waals surface area contributed by atoms with E-state index in [0.717, 1.165) is 29.7 Å². The lowest BCUT2D eigenvalue weighted by atomic mass is 10.1. The molecule has 0 saturated heterocycles. The van der Waals surface area contributed by atoms with E-state index in [2.05, 4.69) is 5.32 Å². The van der Waals surface area contributed by atoms with Crippen LogP contribution in [0.4, 0.5) is 5.00 Å². The topological polar surface area (TPSA) is 79.5 Å². The van der Waals surface area contributed by atoms with E-state index in [1.807, 2.05) is 0 Å². The van der Waals surface area contributed by atoms with Crippen LogP contribution in [0.1, 0.15) is 37.8 Å². The van der Waals surface area contributed by atoms with E-state index in [1.165, 1.54) is 23.5 Å². The second kappa shape index (κ2) is 4.96. The average molecular weight is 312 g/mol. The van der Waals surface area contributed by atoms with Crippen molar-refractivity contribution >= 4 is 39.8 Å². The maximum atomic E-state index is 12.0. The summed E-state index contributed by atoms with van der Waals surface area (Å²) in [6.45, 7) is 0. The SMILES string of the molecule is O=C(Nc1sc2c(c1C(=O)O)CCC2)c1ccc(Cl)o1. The van der Waals surface area contributed by atoms with E-state index < -0.39 is 11.9 Å². The zero-order chi connectivity index (χ0) is 14.3. The van der Waals surface area contributed by atoms with Crippen LogP contribution in [0, 0.1) is 0 Å². The highest BCUT2D eigenvalue weighted by atomic mass is 35.5. The number of carbonyl (C=O) groups excluding carboxylic acids is 1. The molecular formula is C13H10ClNO4S. The van der Waals surface area contributed by atoms with Crippen molar-refractivity contribution in [3.63, 3.8) is 0 Å². The van der Waals surface area contributed by atoms with Crippen molar-refractivity contribution in [2.75, 3.05) is 5.32 Å². The second-order valence-electron chi connectivity index (χ2n) is 4.42. The molecule has 0 saturated carbocycles. The number of amides is 1. The van der Waals surface area contributed by atoms with Crippen molar-refractivity contribution in [1.82, 2.24) is 0 Å². The zero-order valence-electron chi connectivity index (χ0n) is 10.2. The lowest BCUT2D eigenvalue weighted by molar-refractivity contribution is 0.0697. The number of furan rings is 1. The van der Waals surface area contributed by atoms with Crippen LogP contribution in [0.25, 0.3) is 0 Å². The molecule has 0 bridgehead atoms. The van der Waals surface area contributed by atoms with Crippen molar-refractivity contribution < 1.29 is 19.1 Å². The molecule has 0 aromatic carbocycles. The first kappa shape index (κ1) is 13.2. The number of hydrogen-bond acceptors (Lipinski definition) is 4. The molecule has 20 heavy (non-hydrogen) atoms. The van der Waals surface area contributed by atoms with Crippen LogP contribution in [0.5, 0.6) is 0 Å². The molecule has 2 aromatic heterocycles. The van der Waals surface area contributed by atoms with Gasteiger partial charge < -0.3 is 14.8 Å². The van der Waals surface area contributed by atoms with E-state index >= 15 is 0 Å². The highest BCUT2D eigenvalue weighted by Gasteiger charge is 2.27. The predicted octanol–water partition coefficient (Wildman–Crippen LogP) is 3.43. The minimum absolute atomic E-state index is 0.0555. The molecule has 0 fully saturated rings. The van der Waals surface area contributed by atoms with E-state index in [1.54, 1.807) is 0 Å². The number of carboxylic acids is 1. The predicted molar refractivity (Wildman–Crippen MR) is 75.0 cm³/mol. The van der Waals surface area contributed by atoms with Gasteiger partial charge in [-0.1, -0.05) is 0 Å². The van der Waals surface area contributed by atoms with Crippen molar-refractivity contribution in [2.24, 2.45) is 0 Å². The molecular weight excluding hydrogens is 302 g/mol. The van der Waals surface area contributed by atoms with Crippen molar-refractivity contribution in [2.45, 2.75) is 19.3 Å². The molecule has 2 aromatic rings. The summed E-state index contributed by atoms with van der Waals surface area (Å²) in [5.74, 6) is -1.46. The minimum Gasteiger partial charge on any atom is -0.478 e. The third-order valence-corrected chi connectivity index (χ3v) is 4.57. The number of rotatable bonds is 3. The van der Waals surface area contributed by atoms with Gasteiger partial charge in [-0.05, 0) is 48.6 Å². The fourth-order valence-corrected chi connectivity index (χ4v) is 3.74. The van der Waals surface area contributed by atoms with E-state index in [9.17, 15) is 14.7 Å². The summed E-state index contributed by atoms with van der Waals surface area (Å²) >= 11 is 6.93. The molecule has 1 aliphatic carbocycles. The molecule has 5 nitrogen and oxygen atoms in total. The summed E-state index contributed by atoms with van der Waals surface area (Å²) in [6, 6.07) is 2.91. The molecule has 0 atom stereocenters. The number of hydrogen-bond donors (Lipinski definition) is 2. The highest BCUT2D eigenvalue weighted by molar-refractivity contribution is 7.17. The molecule has 0 spiro atoms. The summed E-state index contributed by atoms with van der Waals surface area (Å²) in [5.41, 5.74) is 1.05. The van der Waals surface area contributed by atoms with Crippen molar-refractivity contribution in [3.8, 4) is 0 Å². The van der Waals surface area contributed by atoms with Crippen LogP contribution in [0.2, 0.25) is 5.22 Å². The summed E-state index contributed by atoms with van der Waals surface area (Å²) in [7, 11) is 0. The van der Waals surface area contributed by atoms with Gasteiger partial charge in [0, 0.05) is 4.88 Å². The smallest absolute Gasteiger partial charge is 0.339 e. The van der Waals surface area contributed by atoms with Gasteiger partial charge in [0.05, 0.1) is 5.56 Å². The number of carboxylic acid groups (broad SMARTS) is 1. The van der Waals surface area contributed by atoms with E-state index in [-0.39, 0.29) is 16.5 Å². The van der Waals surface area contributed by atoms with E-state index in [4.69, 9.17) is 16.0 Å². The summed E-state index contributed by atoms with van der Waals surface area (Å²) in [5, 5.41) is 12.4. The number of fused-ring (bicyclic) bond motifs is 1. The van der Waals surface area contributed by atoms with E-state index in [0.29, 0.717) is 5.00 Å². The van der Waals surface area contributed by atoms with Crippen LogP contribution in [0.15, 0.2) is 16.5 Å². The van der Waals surface area contributed by atoms with Gasteiger partial charge in [-0.15, -0.1) is 11.3 Å². The van der Waals surface area contributed by atoms with Gasteiger partial charge in [-0.25, -0.2) is 4.79 Å². The number of nitrogens with one attached hydrogen (secondary N) is 1. The monoisotopic (exact) mass is 311 g/mol. The molecule has 0 aliphatic heterocycles. The van der Waals surface area contributed by atoms with Gasteiger partial charge >= 0.3 is 5.97 Å². The van der Waals surface area contributed by atoms with Crippen molar-refractivity contribution in [1.29, 1.82) is 0 Å². The number of aryl methyl sites for hydroxylation is 1. The lowest BCUT2D eigenvalue weighted by Crippen LogP contribution is -2.13. The van der Waals surface area contributed by atoms with Crippen LogP contribution in [-0.2, 0) is 12.8 Å². The second-order valence-corrected chi connectivity index (χ2v) is 5.90. The normalized spacial score (nSPS) is 13.2. The largest absolute Gasteiger partial charge is 0.478 e. The van der Waals surface area contributed by atoms with Crippen LogP contribution < -0.4 is 5.32 Å². The summed E-state index contributed by atoms with van der Waals surface area (Å²) in [6.07, 6.45) is 2.57. The molecule has 3 rings (SSSR count). The Morgan fingerprint density at radius 2 is 2.15 bits per heavy atom. The summed E-state index contributed by atoms with van der Waals surface area (Å²) < 4.78 is 5.01. The molecule has 2 N–H and O–H groups in total. The Morgan fingerprint density at radius 1 is 1.35 bits per heavy atom. The Kier molecular flexibility index (Phi) is 3.27. The Hall–Kier alpha value is -1.79. The lowest BCUT2D eigenvalue weighted by Gasteiger charge is -2.03. The fraction of sp³-hybridized carbons (Fsp3) is 0.231. The molecule has 0 unspecified atom stereocenters. The van der Waals surface area contributed by atoms with Crippen LogP contribution in [0.3, 0.4) is 0 Å². The molecule has 1 amide bonds. The number of halogens is 1. The molecule has 104 valence electrons. The average Bonchev–Trinajstić information content (AvgIpc) is 3.03.